The monoisotopic (exact) mass is 348 g/mol. The molecule has 138 valence electrons. The predicted molar refractivity (Wildman–Crippen MR) is 112 cm³/mol. The number of benzene rings is 2. The van der Waals surface area contributed by atoms with Gasteiger partial charge < -0.3 is 4.57 Å². The second kappa shape index (κ2) is 8.53. The van der Waals surface area contributed by atoms with Crippen molar-refractivity contribution >= 4 is 11.0 Å². The molecular formula is C24H32N2. The summed E-state index contributed by atoms with van der Waals surface area (Å²) in [6, 6.07) is 17.7. The highest BCUT2D eigenvalue weighted by Gasteiger charge is 2.18. The van der Waals surface area contributed by atoms with Crippen LogP contribution in [0.2, 0.25) is 0 Å². The van der Waals surface area contributed by atoms with Gasteiger partial charge in [-0.05, 0) is 42.0 Å². The molecule has 2 heteroatoms. The van der Waals surface area contributed by atoms with Crippen LogP contribution in [0.1, 0.15) is 69.8 Å². The summed E-state index contributed by atoms with van der Waals surface area (Å²) in [5, 5.41) is 0. The number of imidazole rings is 1. The minimum Gasteiger partial charge on any atom is -0.327 e. The molecule has 2 nitrogen and oxygen atoms in total. The molecule has 0 aliphatic carbocycles. The fourth-order valence-corrected chi connectivity index (χ4v) is 3.74. The molecule has 0 aliphatic heterocycles. The molecule has 3 aromatic rings. The van der Waals surface area contributed by atoms with E-state index in [2.05, 4.69) is 80.8 Å². The number of aromatic nitrogens is 2. The molecule has 0 aliphatic rings. The van der Waals surface area contributed by atoms with Crippen LogP contribution >= 0.6 is 0 Å². The third kappa shape index (κ3) is 4.17. The molecule has 2 aromatic carbocycles. The van der Waals surface area contributed by atoms with Crippen LogP contribution in [-0.4, -0.2) is 9.55 Å². The van der Waals surface area contributed by atoms with E-state index in [-0.39, 0.29) is 0 Å². The lowest BCUT2D eigenvalue weighted by atomic mass is 9.96. The molecule has 0 saturated carbocycles. The lowest BCUT2D eigenvalue weighted by molar-refractivity contribution is 0.582. The average Bonchev–Trinajstić information content (AvgIpc) is 3.00. The molecule has 1 atom stereocenters. The zero-order valence-corrected chi connectivity index (χ0v) is 16.7. The maximum Gasteiger partial charge on any atom is 0.117 e. The van der Waals surface area contributed by atoms with Crippen molar-refractivity contribution in [1.29, 1.82) is 0 Å². The van der Waals surface area contributed by atoms with E-state index < -0.39 is 0 Å². The van der Waals surface area contributed by atoms with E-state index in [1.807, 2.05) is 0 Å². The Hall–Kier alpha value is -2.09. The van der Waals surface area contributed by atoms with E-state index in [1.54, 1.807) is 0 Å². The van der Waals surface area contributed by atoms with Crippen molar-refractivity contribution in [2.24, 2.45) is 5.92 Å². The smallest absolute Gasteiger partial charge is 0.117 e. The number of fused-ring (bicyclic) bond motifs is 1. The Morgan fingerprint density at radius 1 is 0.923 bits per heavy atom. The van der Waals surface area contributed by atoms with Gasteiger partial charge in [0, 0.05) is 12.5 Å². The van der Waals surface area contributed by atoms with Gasteiger partial charge in [-0.15, -0.1) is 0 Å². The van der Waals surface area contributed by atoms with Crippen LogP contribution in [0.5, 0.6) is 0 Å². The third-order valence-electron chi connectivity index (χ3n) is 5.18. The van der Waals surface area contributed by atoms with E-state index in [4.69, 9.17) is 4.98 Å². The van der Waals surface area contributed by atoms with Gasteiger partial charge in [-0.2, -0.15) is 0 Å². The Morgan fingerprint density at radius 2 is 1.65 bits per heavy atom. The van der Waals surface area contributed by atoms with Gasteiger partial charge in [0.1, 0.15) is 5.82 Å². The Labute approximate surface area is 158 Å². The average molecular weight is 349 g/mol. The van der Waals surface area contributed by atoms with Crippen molar-refractivity contribution in [1.82, 2.24) is 9.55 Å². The van der Waals surface area contributed by atoms with E-state index >= 15 is 0 Å². The van der Waals surface area contributed by atoms with Crippen LogP contribution in [0.4, 0.5) is 0 Å². The van der Waals surface area contributed by atoms with Crippen LogP contribution in [0.15, 0.2) is 48.5 Å². The SMILES string of the molecule is CCCCCn1c([C@@H](C)c2ccc(CC(C)C)cc2)nc2ccccc21. The summed E-state index contributed by atoms with van der Waals surface area (Å²) in [6.45, 7) is 10.1. The topological polar surface area (TPSA) is 17.8 Å². The van der Waals surface area contributed by atoms with Gasteiger partial charge in [0.2, 0.25) is 0 Å². The standard InChI is InChI=1S/C24H32N2/c1-5-6-9-16-26-23-11-8-7-10-22(23)25-24(26)19(4)21-14-12-20(13-15-21)17-18(2)3/h7-8,10-15,18-19H,5-6,9,16-17H2,1-4H3/t19-/m0/s1. The highest BCUT2D eigenvalue weighted by molar-refractivity contribution is 5.76. The van der Waals surface area contributed by atoms with Crippen molar-refractivity contribution in [3.63, 3.8) is 0 Å². The molecule has 0 amide bonds. The quantitative estimate of drug-likeness (QED) is 0.421. The van der Waals surface area contributed by atoms with Crippen LogP contribution in [0.3, 0.4) is 0 Å². The molecule has 0 radical (unpaired) electrons. The zero-order chi connectivity index (χ0) is 18.5. The van der Waals surface area contributed by atoms with Gasteiger partial charge in [0.15, 0.2) is 0 Å². The summed E-state index contributed by atoms with van der Waals surface area (Å²) in [5.74, 6) is 2.19. The summed E-state index contributed by atoms with van der Waals surface area (Å²) in [6.07, 6.45) is 4.87. The van der Waals surface area contributed by atoms with E-state index in [1.165, 1.54) is 41.7 Å². The van der Waals surface area contributed by atoms with Gasteiger partial charge in [-0.25, -0.2) is 4.98 Å². The van der Waals surface area contributed by atoms with Crippen molar-refractivity contribution in [3.05, 3.63) is 65.5 Å². The van der Waals surface area contributed by atoms with Gasteiger partial charge in [-0.1, -0.05) is 76.9 Å². The molecule has 1 heterocycles. The van der Waals surface area contributed by atoms with Crippen LogP contribution in [-0.2, 0) is 13.0 Å². The summed E-state index contributed by atoms with van der Waals surface area (Å²) < 4.78 is 2.44. The molecule has 26 heavy (non-hydrogen) atoms. The van der Waals surface area contributed by atoms with Crippen LogP contribution in [0, 0.1) is 5.92 Å². The van der Waals surface area contributed by atoms with Crippen molar-refractivity contribution in [2.45, 2.75) is 65.8 Å². The maximum atomic E-state index is 5.00. The molecule has 0 fully saturated rings. The number of hydrogen-bond acceptors (Lipinski definition) is 1. The largest absolute Gasteiger partial charge is 0.327 e. The van der Waals surface area contributed by atoms with E-state index in [0.29, 0.717) is 11.8 Å². The first-order chi connectivity index (χ1) is 12.6. The van der Waals surface area contributed by atoms with Gasteiger partial charge in [-0.3, -0.25) is 0 Å². The molecular weight excluding hydrogens is 316 g/mol. The Morgan fingerprint density at radius 3 is 2.35 bits per heavy atom. The number of nitrogens with zero attached hydrogens (tertiary/aromatic N) is 2. The predicted octanol–water partition coefficient (Wildman–Crippen LogP) is 6.58. The van der Waals surface area contributed by atoms with E-state index in [9.17, 15) is 0 Å². The highest BCUT2D eigenvalue weighted by atomic mass is 15.1. The first kappa shape index (κ1) is 18.7. The summed E-state index contributed by atoms with van der Waals surface area (Å²) in [5.41, 5.74) is 5.15. The molecule has 0 bridgehead atoms. The second-order valence-corrected chi connectivity index (χ2v) is 7.88. The minimum atomic E-state index is 0.303. The minimum absolute atomic E-state index is 0.303. The second-order valence-electron chi connectivity index (χ2n) is 7.88. The summed E-state index contributed by atoms with van der Waals surface area (Å²) >= 11 is 0. The van der Waals surface area contributed by atoms with Crippen molar-refractivity contribution in [2.75, 3.05) is 0 Å². The Kier molecular flexibility index (Phi) is 6.13. The Balaban J connectivity index is 1.91. The number of unbranched alkanes of at least 4 members (excludes halogenated alkanes) is 2. The summed E-state index contributed by atoms with van der Waals surface area (Å²) in [7, 11) is 0. The highest BCUT2D eigenvalue weighted by Crippen LogP contribution is 2.28. The van der Waals surface area contributed by atoms with Crippen molar-refractivity contribution in [3.8, 4) is 0 Å². The molecule has 0 spiro atoms. The van der Waals surface area contributed by atoms with Gasteiger partial charge in [0.25, 0.3) is 0 Å². The third-order valence-corrected chi connectivity index (χ3v) is 5.18. The first-order valence-electron chi connectivity index (χ1n) is 10.1. The normalized spacial score (nSPS) is 12.8. The van der Waals surface area contributed by atoms with Crippen LogP contribution in [0.25, 0.3) is 11.0 Å². The molecule has 3 rings (SSSR count). The zero-order valence-electron chi connectivity index (χ0n) is 16.7. The lowest BCUT2D eigenvalue weighted by Crippen LogP contribution is -2.09. The fraction of sp³-hybridized carbons (Fsp3) is 0.458. The molecule has 0 unspecified atom stereocenters. The number of hydrogen-bond donors (Lipinski definition) is 0. The van der Waals surface area contributed by atoms with Crippen molar-refractivity contribution < 1.29 is 0 Å². The van der Waals surface area contributed by atoms with Gasteiger partial charge in [0.05, 0.1) is 11.0 Å². The number of aryl methyl sites for hydroxylation is 1. The lowest BCUT2D eigenvalue weighted by Gasteiger charge is -2.16. The molecule has 0 saturated heterocycles. The Bertz CT molecular complexity index is 827. The number of para-hydroxylation sites is 2. The molecule has 1 aromatic heterocycles. The van der Waals surface area contributed by atoms with Gasteiger partial charge >= 0.3 is 0 Å². The van der Waals surface area contributed by atoms with E-state index in [0.717, 1.165) is 18.5 Å². The maximum absolute atomic E-state index is 5.00. The fourth-order valence-electron chi connectivity index (χ4n) is 3.74. The number of rotatable bonds is 8. The summed E-state index contributed by atoms with van der Waals surface area (Å²) in [4.78, 5) is 5.00. The molecule has 0 N–H and O–H groups in total. The van der Waals surface area contributed by atoms with Crippen LogP contribution < -0.4 is 0 Å². The first-order valence-corrected chi connectivity index (χ1v) is 10.1.